The van der Waals surface area contributed by atoms with Gasteiger partial charge in [0.2, 0.25) is 0 Å². The Morgan fingerprint density at radius 3 is 3.15 bits per heavy atom. The highest BCUT2D eigenvalue weighted by Gasteiger charge is 2.21. The zero-order valence-electron chi connectivity index (χ0n) is 7.27. The van der Waals surface area contributed by atoms with Gasteiger partial charge in [-0.3, -0.25) is 9.78 Å². The van der Waals surface area contributed by atoms with Crippen molar-refractivity contribution in [1.82, 2.24) is 4.98 Å². The van der Waals surface area contributed by atoms with Gasteiger partial charge in [0.25, 0.3) is 0 Å². The molecule has 0 aliphatic carbocycles. The van der Waals surface area contributed by atoms with Gasteiger partial charge in [0.1, 0.15) is 0 Å². The standard InChI is InChI=1S/C10H11NO2/c12-10-6-8(3-5-13-10)9-2-1-4-11-7-9/h1-2,4,7-8H,3,5-6H2. The second kappa shape index (κ2) is 3.56. The summed E-state index contributed by atoms with van der Waals surface area (Å²) in [7, 11) is 0. The Balaban J connectivity index is 2.13. The Labute approximate surface area is 76.7 Å². The van der Waals surface area contributed by atoms with Crippen LogP contribution in [-0.4, -0.2) is 17.6 Å². The van der Waals surface area contributed by atoms with E-state index in [1.807, 2.05) is 18.3 Å². The fourth-order valence-electron chi connectivity index (χ4n) is 1.58. The topological polar surface area (TPSA) is 39.2 Å². The minimum Gasteiger partial charge on any atom is -0.466 e. The number of rotatable bonds is 1. The largest absolute Gasteiger partial charge is 0.466 e. The highest BCUT2D eigenvalue weighted by molar-refractivity contribution is 5.71. The summed E-state index contributed by atoms with van der Waals surface area (Å²) in [4.78, 5) is 15.0. The van der Waals surface area contributed by atoms with E-state index in [0.717, 1.165) is 12.0 Å². The summed E-state index contributed by atoms with van der Waals surface area (Å²) >= 11 is 0. The van der Waals surface area contributed by atoms with Gasteiger partial charge in [-0.25, -0.2) is 0 Å². The Hall–Kier alpha value is -1.38. The molecule has 3 heteroatoms. The number of hydrogen-bond donors (Lipinski definition) is 0. The van der Waals surface area contributed by atoms with Crippen molar-refractivity contribution >= 4 is 5.97 Å². The molecule has 13 heavy (non-hydrogen) atoms. The molecule has 0 N–H and O–H groups in total. The molecular formula is C10H11NO2. The van der Waals surface area contributed by atoms with E-state index in [2.05, 4.69) is 4.98 Å². The number of carbonyl (C=O) groups is 1. The van der Waals surface area contributed by atoms with Gasteiger partial charge in [0.05, 0.1) is 13.0 Å². The van der Waals surface area contributed by atoms with Crippen LogP contribution in [0, 0.1) is 0 Å². The van der Waals surface area contributed by atoms with Crippen LogP contribution in [0.1, 0.15) is 24.3 Å². The zero-order valence-corrected chi connectivity index (χ0v) is 7.27. The molecule has 0 saturated carbocycles. The number of aromatic nitrogens is 1. The normalized spacial score (nSPS) is 22.5. The lowest BCUT2D eigenvalue weighted by Gasteiger charge is -2.20. The number of ether oxygens (including phenoxy) is 1. The van der Waals surface area contributed by atoms with Gasteiger partial charge in [-0.2, -0.15) is 0 Å². The Bertz CT molecular complexity index is 297. The minimum absolute atomic E-state index is 0.0971. The molecule has 2 heterocycles. The van der Waals surface area contributed by atoms with Crippen LogP contribution in [-0.2, 0) is 9.53 Å². The van der Waals surface area contributed by atoms with Crippen molar-refractivity contribution in [3.8, 4) is 0 Å². The lowest BCUT2D eigenvalue weighted by atomic mass is 9.93. The smallest absolute Gasteiger partial charge is 0.306 e. The molecule has 1 aromatic heterocycles. The zero-order chi connectivity index (χ0) is 9.10. The fourth-order valence-corrected chi connectivity index (χ4v) is 1.58. The number of pyridine rings is 1. The summed E-state index contributed by atoms with van der Waals surface area (Å²) in [6.45, 7) is 0.540. The molecule has 1 saturated heterocycles. The van der Waals surface area contributed by atoms with Gasteiger partial charge in [-0.15, -0.1) is 0 Å². The van der Waals surface area contributed by atoms with E-state index in [-0.39, 0.29) is 5.97 Å². The van der Waals surface area contributed by atoms with E-state index < -0.39 is 0 Å². The summed E-state index contributed by atoms with van der Waals surface area (Å²) in [5, 5.41) is 0. The molecule has 1 aliphatic heterocycles. The van der Waals surface area contributed by atoms with Gasteiger partial charge < -0.3 is 4.74 Å². The van der Waals surface area contributed by atoms with E-state index in [4.69, 9.17) is 4.74 Å². The molecule has 1 fully saturated rings. The quantitative estimate of drug-likeness (QED) is 0.610. The maximum Gasteiger partial charge on any atom is 0.306 e. The summed E-state index contributed by atoms with van der Waals surface area (Å²) in [5.41, 5.74) is 1.14. The van der Waals surface area contributed by atoms with Crippen molar-refractivity contribution in [2.24, 2.45) is 0 Å². The van der Waals surface area contributed by atoms with E-state index in [1.54, 1.807) is 6.20 Å². The van der Waals surface area contributed by atoms with Gasteiger partial charge in [0.15, 0.2) is 0 Å². The molecule has 68 valence electrons. The highest BCUT2D eigenvalue weighted by atomic mass is 16.5. The number of nitrogens with zero attached hydrogens (tertiary/aromatic N) is 1. The highest BCUT2D eigenvalue weighted by Crippen LogP contribution is 2.26. The average Bonchev–Trinajstić information content (AvgIpc) is 2.19. The van der Waals surface area contributed by atoms with E-state index in [0.29, 0.717) is 18.9 Å². The maximum atomic E-state index is 11.0. The van der Waals surface area contributed by atoms with Crippen molar-refractivity contribution < 1.29 is 9.53 Å². The Morgan fingerprint density at radius 1 is 1.54 bits per heavy atom. The number of hydrogen-bond acceptors (Lipinski definition) is 3. The van der Waals surface area contributed by atoms with Crippen LogP contribution >= 0.6 is 0 Å². The van der Waals surface area contributed by atoms with Crippen LogP contribution in [0.3, 0.4) is 0 Å². The van der Waals surface area contributed by atoms with E-state index in [1.165, 1.54) is 0 Å². The van der Waals surface area contributed by atoms with Crippen LogP contribution in [0.15, 0.2) is 24.5 Å². The van der Waals surface area contributed by atoms with Crippen LogP contribution in [0.2, 0.25) is 0 Å². The summed E-state index contributed by atoms with van der Waals surface area (Å²) in [6, 6.07) is 3.91. The minimum atomic E-state index is -0.0971. The molecular weight excluding hydrogens is 166 g/mol. The molecule has 1 aliphatic rings. The van der Waals surface area contributed by atoms with E-state index in [9.17, 15) is 4.79 Å². The lowest BCUT2D eigenvalue weighted by molar-refractivity contribution is -0.147. The molecule has 2 rings (SSSR count). The fraction of sp³-hybridized carbons (Fsp3) is 0.400. The van der Waals surface area contributed by atoms with Crippen molar-refractivity contribution in [1.29, 1.82) is 0 Å². The first-order chi connectivity index (χ1) is 6.36. The number of cyclic esters (lactones) is 1. The first kappa shape index (κ1) is 8.23. The van der Waals surface area contributed by atoms with Gasteiger partial charge in [-0.05, 0) is 24.0 Å². The Morgan fingerprint density at radius 2 is 2.46 bits per heavy atom. The third kappa shape index (κ3) is 1.86. The van der Waals surface area contributed by atoms with Crippen LogP contribution in [0.5, 0.6) is 0 Å². The monoisotopic (exact) mass is 177 g/mol. The van der Waals surface area contributed by atoms with Gasteiger partial charge >= 0.3 is 5.97 Å². The predicted octanol–water partition coefficient (Wildman–Crippen LogP) is 1.50. The second-order valence-electron chi connectivity index (χ2n) is 3.20. The summed E-state index contributed by atoms with van der Waals surface area (Å²) in [6.07, 6.45) is 4.97. The van der Waals surface area contributed by atoms with Crippen molar-refractivity contribution in [2.75, 3.05) is 6.61 Å². The molecule has 1 unspecified atom stereocenters. The third-order valence-electron chi connectivity index (χ3n) is 2.30. The van der Waals surface area contributed by atoms with E-state index >= 15 is 0 Å². The van der Waals surface area contributed by atoms with Crippen molar-refractivity contribution in [2.45, 2.75) is 18.8 Å². The first-order valence-electron chi connectivity index (χ1n) is 4.42. The summed E-state index contributed by atoms with van der Waals surface area (Å²) < 4.78 is 4.87. The Kier molecular flexibility index (Phi) is 2.25. The van der Waals surface area contributed by atoms with Crippen LogP contribution in [0.25, 0.3) is 0 Å². The molecule has 0 spiro atoms. The number of carbonyl (C=O) groups excluding carboxylic acids is 1. The molecule has 0 amide bonds. The first-order valence-corrected chi connectivity index (χ1v) is 4.42. The van der Waals surface area contributed by atoms with Crippen LogP contribution in [0.4, 0.5) is 0 Å². The van der Waals surface area contributed by atoms with Crippen molar-refractivity contribution in [3.63, 3.8) is 0 Å². The van der Waals surface area contributed by atoms with Gasteiger partial charge in [0, 0.05) is 12.4 Å². The molecule has 3 nitrogen and oxygen atoms in total. The maximum absolute atomic E-state index is 11.0. The summed E-state index contributed by atoms with van der Waals surface area (Å²) in [5.74, 6) is 0.204. The third-order valence-corrected chi connectivity index (χ3v) is 2.30. The van der Waals surface area contributed by atoms with Crippen LogP contribution < -0.4 is 0 Å². The van der Waals surface area contributed by atoms with Crippen molar-refractivity contribution in [3.05, 3.63) is 30.1 Å². The second-order valence-corrected chi connectivity index (χ2v) is 3.20. The predicted molar refractivity (Wildman–Crippen MR) is 47.2 cm³/mol. The average molecular weight is 177 g/mol. The molecule has 0 aromatic carbocycles. The molecule has 1 aromatic rings. The number of esters is 1. The lowest BCUT2D eigenvalue weighted by Crippen LogP contribution is -2.19. The SMILES string of the molecule is O=C1CC(c2cccnc2)CCO1. The van der Waals surface area contributed by atoms with Gasteiger partial charge in [-0.1, -0.05) is 6.07 Å². The molecule has 1 atom stereocenters. The molecule has 0 bridgehead atoms. The molecule has 0 radical (unpaired) electrons.